The predicted molar refractivity (Wildman–Crippen MR) is 156 cm³/mol. The second kappa shape index (κ2) is 13.0. The molecule has 2 atom stereocenters. The van der Waals surface area contributed by atoms with Crippen LogP contribution < -0.4 is 0 Å². The summed E-state index contributed by atoms with van der Waals surface area (Å²) < 4.78 is 0. The molecule has 0 aliphatic carbocycles. The molecule has 4 rings (SSSR count). The SMILES string of the molecule is CC1=CC(=O)N(CCC(CCSCCC(CCN2C(=O)C=C(C)C2=O)N2C(=O)C=C(C)C2=O)N2C(=O)C=C(C)C2=O)C1=O. The Balaban J connectivity index is 1.36. The van der Waals surface area contributed by atoms with Gasteiger partial charge in [-0.05, 0) is 64.9 Å². The summed E-state index contributed by atoms with van der Waals surface area (Å²) in [6, 6.07) is -1.09. The summed E-state index contributed by atoms with van der Waals surface area (Å²) >= 11 is 1.51. The smallest absolute Gasteiger partial charge is 0.256 e. The Kier molecular flexibility index (Phi) is 9.63. The minimum absolute atomic E-state index is 0.0623. The third-order valence-corrected chi connectivity index (χ3v) is 8.99. The fourth-order valence-corrected chi connectivity index (χ4v) is 6.59. The van der Waals surface area contributed by atoms with Gasteiger partial charge in [0.15, 0.2) is 0 Å². The molecule has 0 saturated heterocycles. The largest absolute Gasteiger partial charge is 0.275 e. The van der Waals surface area contributed by atoms with Gasteiger partial charge < -0.3 is 0 Å². The standard InChI is InChI=1S/C30H34N4O8S/c1-17-13-23(35)31(27(17)39)9-5-21(33-25(37)15-19(3)29(33)41)7-11-43-12-8-22(34-26(38)16-20(4)30(34)42)6-10-32-24(36)14-18(2)28(32)40/h13-16,21-22H,5-12H2,1-4H3. The van der Waals surface area contributed by atoms with Crippen molar-refractivity contribution >= 4 is 59.0 Å². The van der Waals surface area contributed by atoms with Crippen LogP contribution in [0.15, 0.2) is 46.6 Å². The van der Waals surface area contributed by atoms with E-state index in [1.807, 2.05) is 0 Å². The highest BCUT2D eigenvalue weighted by molar-refractivity contribution is 7.99. The molecule has 0 fully saturated rings. The Morgan fingerprint density at radius 2 is 0.814 bits per heavy atom. The van der Waals surface area contributed by atoms with Gasteiger partial charge >= 0.3 is 0 Å². The van der Waals surface area contributed by atoms with Crippen LogP contribution in [0.3, 0.4) is 0 Å². The molecular weight excluding hydrogens is 576 g/mol. The maximum atomic E-state index is 12.7. The highest BCUT2D eigenvalue weighted by Gasteiger charge is 2.38. The molecule has 0 saturated carbocycles. The van der Waals surface area contributed by atoms with Crippen molar-refractivity contribution < 1.29 is 38.4 Å². The first kappa shape index (κ1) is 31.8. The molecule has 0 aromatic heterocycles. The van der Waals surface area contributed by atoms with Gasteiger partial charge in [-0.15, -0.1) is 0 Å². The van der Waals surface area contributed by atoms with Crippen LogP contribution in [-0.2, 0) is 38.4 Å². The lowest BCUT2D eigenvalue weighted by atomic mass is 10.1. The number of amides is 8. The lowest BCUT2D eigenvalue weighted by Gasteiger charge is -2.29. The van der Waals surface area contributed by atoms with Crippen LogP contribution in [0.1, 0.15) is 53.4 Å². The summed E-state index contributed by atoms with van der Waals surface area (Å²) in [6.45, 7) is 6.36. The van der Waals surface area contributed by atoms with Crippen LogP contribution in [0.4, 0.5) is 0 Å². The predicted octanol–water partition coefficient (Wildman–Crippen LogP) is 1.28. The van der Waals surface area contributed by atoms with E-state index in [1.165, 1.54) is 45.9 Å². The van der Waals surface area contributed by atoms with Gasteiger partial charge in [0.2, 0.25) is 0 Å². The van der Waals surface area contributed by atoms with E-state index in [-0.39, 0.29) is 25.9 Å². The lowest BCUT2D eigenvalue weighted by molar-refractivity contribution is -0.143. The molecule has 0 N–H and O–H groups in total. The van der Waals surface area contributed by atoms with Gasteiger partial charge in [-0.3, -0.25) is 58.0 Å². The highest BCUT2D eigenvalue weighted by Crippen LogP contribution is 2.26. The van der Waals surface area contributed by atoms with Crippen LogP contribution >= 0.6 is 11.8 Å². The number of hydrogen-bond acceptors (Lipinski definition) is 9. The summed E-state index contributed by atoms with van der Waals surface area (Å²) in [5.41, 5.74) is 1.31. The van der Waals surface area contributed by atoms with Crippen LogP contribution in [0.25, 0.3) is 0 Å². The van der Waals surface area contributed by atoms with Crippen LogP contribution in [0, 0.1) is 0 Å². The fraction of sp³-hybridized carbons (Fsp3) is 0.467. The van der Waals surface area contributed by atoms with Gasteiger partial charge in [-0.25, -0.2) is 0 Å². The van der Waals surface area contributed by atoms with E-state index < -0.39 is 59.3 Å². The van der Waals surface area contributed by atoms with Gasteiger partial charge in [-0.2, -0.15) is 11.8 Å². The van der Waals surface area contributed by atoms with Crippen molar-refractivity contribution in [3.05, 3.63) is 46.6 Å². The molecule has 12 nitrogen and oxygen atoms in total. The zero-order valence-corrected chi connectivity index (χ0v) is 25.4. The minimum Gasteiger partial charge on any atom is -0.275 e. The third kappa shape index (κ3) is 6.61. The zero-order chi connectivity index (χ0) is 31.6. The van der Waals surface area contributed by atoms with Crippen molar-refractivity contribution in [3.8, 4) is 0 Å². The topological polar surface area (TPSA) is 150 Å². The van der Waals surface area contributed by atoms with Crippen molar-refractivity contribution in [2.24, 2.45) is 0 Å². The number of carbonyl (C=O) groups is 8. The lowest BCUT2D eigenvalue weighted by Crippen LogP contribution is -2.44. The van der Waals surface area contributed by atoms with Gasteiger partial charge in [0, 0.05) is 71.8 Å². The molecule has 2 unspecified atom stereocenters. The molecule has 4 aliphatic rings. The summed E-state index contributed by atoms with van der Waals surface area (Å²) in [6.07, 6.45) is 6.35. The Morgan fingerprint density at radius 1 is 0.488 bits per heavy atom. The van der Waals surface area contributed by atoms with Crippen LogP contribution in [0.2, 0.25) is 0 Å². The second-order valence-corrected chi connectivity index (χ2v) is 12.2. The molecule has 0 bridgehead atoms. The normalized spacial score (nSPS) is 20.6. The molecule has 228 valence electrons. The van der Waals surface area contributed by atoms with E-state index in [9.17, 15) is 38.4 Å². The first-order chi connectivity index (χ1) is 20.3. The number of nitrogens with zero attached hydrogens (tertiary/aromatic N) is 4. The zero-order valence-electron chi connectivity index (χ0n) is 24.6. The number of hydrogen-bond donors (Lipinski definition) is 0. The molecule has 13 heteroatoms. The van der Waals surface area contributed by atoms with E-state index in [2.05, 4.69) is 0 Å². The summed E-state index contributed by atoms with van der Waals surface area (Å²) in [7, 11) is 0. The Morgan fingerprint density at radius 3 is 1.09 bits per heavy atom. The van der Waals surface area contributed by atoms with E-state index >= 15 is 0 Å². The minimum atomic E-state index is -0.546. The van der Waals surface area contributed by atoms with Gasteiger partial charge in [0.05, 0.1) is 0 Å². The van der Waals surface area contributed by atoms with Crippen molar-refractivity contribution in [3.63, 3.8) is 0 Å². The molecule has 4 aliphatic heterocycles. The van der Waals surface area contributed by atoms with Crippen molar-refractivity contribution in [1.82, 2.24) is 19.6 Å². The molecule has 0 spiro atoms. The molecule has 8 amide bonds. The van der Waals surface area contributed by atoms with Gasteiger partial charge in [0.1, 0.15) is 0 Å². The Labute approximate surface area is 253 Å². The number of rotatable bonds is 14. The van der Waals surface area contributed by atoms with Gasteiger partial charge in [-0.1, -0.05) is 0 Å². The van der Waals surface area contributed by atoms with Crippen LogP contribution in [0.5, 0.6) is 0 Å². The number of imide groups is 4. The highest BCUT2D eigenvalue weighted by atomic mass is 32.2. The van der Waals surface area contributed by atoms with Crippen LogP contribution in [-0.4, -0.2) is 104 Å². The van der Waals surface area contributed by atoms with E-state index in [0.29, 0.717) is 46.6 Å². The molecule has 0 radical (unpaired) electrons. The first-order valence-electron chi connectivity index (χ1n) is 14.1. The average molecular weight is 611 g/mol. The third-order valence-electron chi connectivity index (χ3n) is 7.94. The molecule has 43 heavy (non-hydrogen) atoms. The first-order valence-corrected chi connectivity index (χ1v) is 15.2. The maximum absolute atomic E-state index is 12.7. The van der Waals surface area contributed by atoms with Gasteiger partial charge in [0.25, 0.3) is 47.3 Å². The van der Waals surface area contributed by atoms with E-state index in [0.717, 1.165) is 9.80 Å². The molecule has 0 aromatic carbocycles. The summed E-state index contributed by atoms with van der Waals surface area (Å²) in [5, 5.41) is 0. The van der Waals surface area contributed by atoms with E-state index in [4.69, 9.17) is 0 Å². The molecular formula is C30H34N4O8S. The summed E-state index contributed by atoms with van der Waals surface area (Å²) in [5.74, 6) is -2.28. The van der Waals surface area contributed by atoms with Crippen molar-refractivity contribution in [2.75, 3.05) is 24.6 Å². The quantitative estimate of drug-likeness (QED) is 0.209. The Bertz CT molecular complexity index is 1330. The fourth-order valence-electron chi connectivity index (χ4n) is 5.51. The molecule has 4 heterocycles. The maximum Gasteiger partial charge on any atom is 0.256 e. The number of carbonyl (C=O) groups excluding carboxylic acids is 8. The second-order valence-electron chi connectivity index (χ2n) is 11.0. The Hall–Kier alpha value is -4.13. The van der Waals surface area contributed by atoms with E-state index in [1.54, 1.807) is 27.7 Å². The summed E-state index contributed by atoms with van der Waals surface area (Å²) in [4.78, 5) is 104. The van der Waals surface area contributed by atoms with Crippen molar-refractivity contribution in [1.29, 1.82) is 0 Å². The average Bonchev–Trinajstić information content (AvgIpc) is 3.54. The van der Waals surface area contributed by atoms with Crippen molar-refractivity contribution in [2.45, 2.75) is 65.5 Å². The number of thioether (sulfide) groups is 1. The molecule has 0 aromatic rings. The monoisotopic (exact) mass is 610 g/mol.